The van der Waals surface area contributed by atoms with E-state index in [2.05, 4.69) is 20.8 Å². The molecule has 1 aromatic heterocycles. The van der Waals surface area contributed by atoms with Crippen molar-refractivity contribution in [1.82, 2.24) is 10.2 Å². The summed E-state index contributed by atoms with van der Waals surface area (Å²) < 4.78 is 0. The summed E-state index contributed by atoms with van der Waals surface area (Å²) in [6.07, 6.45) is 1.49. The van der Waals surface area contributed by atoms with Crippen molar-refractivity contribution in [2.45, 2.75) is 12.8 Å². The summed E-state index contributed by atoms with van der Waals surface area (Å²) in [5.41, 5.74) is 1.79. The SMILES string of the molecule is CNc1nnc(C(=O)Nc2cccc(CCCO)c2)s1. The van der Waals surface area contributed by atoms with Gasteiger partial charge in [-0.3, -0.25) is 4.79 Å². The number of carbonyl (C=O) groups excluding carboxylic acids is 1. The van der Waals surface area contributed by atoms with Crippen molar-refractivity contribution < 1.29 is 9.90 Å². The Bertz CT molecular complexity index is 585. The van der Waals surface area contributed by atoms with E-state index in [1.807, 2.05) is 24.3 Å². The van der Waals surface area contributed by atoms with Crippen molar-refractivity contribution in [3.8, 4) is 0 Å². The molecule has 0 aliphatic rings. The maximum atomic E-state index is 12.0. The number of nitrogens with zero attached hydrogens (tertiary/aromatic N) is 2. The summed E-state index contributed by atoms with van der Waals surface area (Å²) in [4.78, 5) is 12.0. The quantitative estimate of drug-likeness (QED) is 0.755. The Hall–Kier alpha value is -1.99. The largest absolute Gasteiger partial charge is 0.396 e. The molecule has 1 aromatic carbocycles. The Morgan fingerprint density at radius 3 is 2.95 bits per heavy atom. The Morgan fingerprint density at radius 1 is 1.40 bits per heavy atom. The van der Waals surface area contributed by atoms with Crippen LogP contribution in [0.4, 0.5) is 10.8 Å². The summed E-state index contributed by atoms with van der Waals surface area (Å²) in [5.74, 6) is -0.275. The van der Waals surface area contributed by atoms with Crippen molar-refractivity contribution in [1.29, 1.82) is 0 Å². The van der Waals surface area contributed by atoms with Gasteiger partial charge in [-0.15, -0.1) is 10.2 Å². The number of rotatable bonds is 6. The molecular weight excluding hydrogens is 276 g/mol. The number of anilines is 2. The summed E-state index contributed by atoms with van der Waals surface area (Å²) in [6.45, 7) is 0.161. The number of hydrogen-bond donors (Lipinski definition) is 3. The number of aromatic nitrogens is 2. The van der Waals surface area contributed by atoms with Gasteiger partial charge in [0.25, 0.3) is 5.91 Å². The first-order chi connectivity index (χ1) is 9.72. The molecule has 0 saturated heterocycles. The number of carbonyl (C=O) groups is 1. The van der Waals surface area contributed by atoms with E-state index in [1.54, 1.807) is 7.05 Å². The monoisotopic (exact) mass is 292 g/mol. The molecule has 0 fully saturated rings. The van der Waals surface area contributed by atoms with E-state index in [9.17, 15) is 4.79 Å². The molecule has 106 valence electrons. The normalized spacial score (nSPS) is 10.3. The third-order valence-electron chi connectivity index (χ3n) is 2.64. The summed E-state index contributed by atoms with van der Waals surface area (Å²) in [5, 5.41) is 23.0. The molecule has 6 nitrogen and oxygen atoms in total. The van der Waals surface area contributed by atoms with Gasteiger partial charge in [-0.2, -0.15) is 0 Å². The average Bonchev–Trinajstić information content (AvgIpc) is 2.94. The lowest BCUT2D eigenvalue weighted by Gasteiger charge is -2.05. The van der Waals surface area contributed by atoms with Crippen molar-refractivity contribution in [2.24, 2.45) is 0 Å². The van der Waals surface area contributed by atoms with Crippen LogP contribution >= 0.6 is 11.3 Å². The molecule has 0 bridgehead atoms. The number of amides is 1. The van der Waals surface area contributed by atoms with Crippen LogP contribution in [0.5, 0.6) is 0 Å². The maximum Gasteiger partial charge on any atom is 0.286 e. The second-order valence-corrected chi connectivity index (χ2v) is 5.12. The maximum absolute atomic E-state index is 12.0. The average molecular weight is 292 g/mol. The highest BCUT2D eigenvalue weighted by molar-refractivity contribution is 7.17. The summed E-state index contributed by atoms with van der Waals surface area (Å²) in [6, 6.07) is 7.56. The summed E-state index contributed by atoms with van der Waals surface area (Å²) in [7, 11) is 1.73. The van der Waals surface area contributed by atoms with Gasteiger partial charge in [0.05, 0.1) is 0 Å². The molecule has 7 heteroatoms. The van der Waals surface area contributed by atoms with Crippen LogP contribution < -0.4 is 10.6 Å². The van der Waals surface area contributed by atoms with Gasteiger partial charge in [0.2, 0.25) is 10.1 Å². The number of hydrogen-bond acceptors (Lipinski definition) is 6. The van der Waals surface area contributed by atoms with Gasteiger partial charge < -0.3 is 15.7 Å². The van der Waals surface area contributed by atoms with E-state index in [-0.39, 0.29) is 12.5 Å². The lowest BCUT2D eigenvalue weighted by molar-refractivity contribution is 0.102. The van der Waals surface area contributed by atoms with Crippen LogP contribution in [0.1, 0.15) is 21.8 Å². The number of aliphatic hydroxyl groups excluding tert-OH is 1. The molecule has 1 heterocycles. The first kappa shape index (κ1) is 14.4. The highest BCUT2D eigenvalue weighted by atomic mass is 32.1. The van der Waals surface area contributed by atoms with Gasteiger partial charge >= 0.3 is 0 Å². The Labute approximate surface area is 120 Å². The minimum atomic E-state index is -0.275. The Morgan fingerprint density at radius 2 is 2.25 bits per heavy atom. The number of aryl methyl sites for hydroxylation is 1. The zero-order valence-corrected chi connectivity index (χ0v) is 11.9. The first-order valence-corrected chi connectivity index (χ1v) is 7.07. The minimum Gasteiger partial charge on any atom is -0.396 e. The second kappa shape index (κ2) is 6.97. The van der Waals surface area contributed by atoms with Crippen LogP contribution in [0.15, 0.2) is 24.3 Å². The fraction of sp³-hybridized carbons (Fsp3) is 0.308. The Balaban J connectivity index is 2.03. The van der Waals surface area contributed by atoms with Crippen LogP contribution in [0.2, 0.25) is 0 Å². The number of nitrogens with one attached hydrogen (secondary N) is 2. The summed E-state index contributed by atoms with van der Waals surface area (Å²) >= 11 is 1.20. The van der Waals surface area contributed by atoms with Gasteiger partial charge in [0.15, 0.2) is 0 Å². The standard InChI is InChI=1S/C13H16N4O2S/c1-14-13-17-16-12(20-13)11(19)15-10-6-2-4-9(8-10)5-3-7-18/h2,4,6,8,18H,3,5,7H2,1H3,(H,14,17)(H,15,19). The third-order valence-corrected chi connectivity index (χ3v) is 3.58. The van der Waals surface area contributed by atoms with Gasteiger partial charge in [0, 0.05) is 19.3 Å². The van der Waals surface area contributed by atoms with E-state index in [4.69, 9.17) is 5.11 Å². The van der Waals surface area contributed by atoms with Gasteiger partial charge in [0.1, 0.15) is 0 Å². The van der Waals surface area contributed by atoms with Crippen molar-refractivity contribution >= 4 is 28.1 Å². The molecule has 0 saturated carbocycles. The molecule has 3 N–H and O–H groups in total. The van der Waals surface area contributed by atoms with E-state index in [0.29, 0.717) is 22.2 Å². The highest BCUT2D eigenvalue weighted by Crippen LogP contribution is 2.17. The van der Waals surface area contributed by atoms with Crippen LogP contribution in [-0.2, 0) is 6.42 Å². The minimum absolute atomic E-state index is 0.161. The highest BCUT2D eigenvalue weighted by Gasteiger charge is 2.12. The number of aliphatic hydroxyl groups is 1. The first-order valence-electron chi connectivity index (χ1n) is 6.25. The molecule has 0 spiro atoms. The van der Waals surface area contributed by atoms with Crippen LogP contribution in [-0.4, -0.2) is 34.9 Å². The lowest BCUT2D eigenvalue weighted by atomic mass is 10.1. The van der Waals surface area contributed by atoms with Crippen LogP contribution in [0, 0.1) is 0 Å². The smallest absolute Gasteiger partial charge is 0.286 e. The number of benzene rings is 1. The second-order valence-electron chi connectivity index (χ2n) is 4.14. The van der Waals surface area contributed by atoms with Crippen LogP contribution in [0.25, 0.3) is 0 Å². The molecule has 1 amide bonds. The molecule has 20 heavy (non-hydrogen) atoms. The predicted octanol–water partition coefficient (Wildman–Crippen LogP) is 1.76. The van der Waals surface area contributed by atoms with Crippen molar-refractivity contribution in [2.75, 3.05) is 24.3 Å². The zero-order valence-electron chi connectivity index (χ0n) is 11.1. The molecule has 0 radical (unpaired) electrons. The molecule has 0 atom stereocenters. The molecule has 0 unspecified atom stereocenters. The van der Waals surface area contributed by atoms with Gasteiger partial charge in [-0.05, 0) is 30.5 Å². The van der Waals surface area contributed by atoms with E-state index < -0.39 is 0 Å². The van der Waals surface area contributed by atoms with E-state index in [1.165, 1.54) is 11.3 Å². The lowest BCUT2D eigenvalue weighted by Crippen LogP contribution is -2.11. The van der Waals surface area contributed by atoms with Crippen molar-refractivity contribution in [3.63, 3.8) is 0 Å². The zero-order chi connectivity index (χ0) is 14.4. The predicted molar refractivity (Wildman–Crippen MR) is 79.3 cm³/mol. The fourth-order valence-electron chi connectivity index (χ4n) is 1.69. The molecular formula is C13H16N4O2S. The topological polar surface area (TPSA) is 87.1 Å². The van der Waals surface area contributed by atoms with Gasteiger partial charge in [-0.1, -0.05) is 23.5 Å². The third kappa shape index (κ3) is 3.75. The molecule has 0 aliphatic carbocycles. The fourth-order valence-corrected chi connectivity index (χ4v) is 2.28. The molecule has 0 aliphatic heterocycles. The molecule has 2 rings (SSSR count). The Kier molecular flexibility index (Phi) is 5.03. The van der Waals surface area contributed by atoms with Crippen LogP contribution in [0.3, 0.4) is 0 Å². The van der Waals surface area contributed by atoms with Gasteiger partial charge in [-0.25, -0.2) is 0 Å². The van der Waals surface area contributed by atoms with E-state index in [0.717, 1.165) is 12.0 Å². The van der Waals surface area contributed by atoms with E-state index >= 15 is 0 Å². The van der Waals surface area contributed by atoms with Crippen molar-refractivity contribution in [3.05, 3.63) is 34.8 Å². The molecule has 2 aromatic rings.